The third-order valence-electron chi connectivity index (χ3n) is 5.62. The first-order chi connectivity index (χ1) is 15.0. The first kappa shape index (κ1) is 21.9. The van der Waals surface area contributed by atoms with Crippen LogP contribution in [0.2, 0.25) is 5.15 Å². The zero-order valence-electron chi connectivity index (χ0n) is 17.1. The van der Waals surface area contributed by atoms with Gasteiger partial charge in [-0.25, -0.2) is 4.98 Å². The Balaban J connectivity index is 1.20. The van der Waals surface area contributed by atoms with E-state index in [4.69, 9.17) is 21.5 Å². The van der Waals surface area contributed by atoms with E-state index in [1.54, 1.807) is 12.1 Å². The fourth-order valence-corrected chi connectivity index (χ4v) is 5.82. The van der Waals surface area contributed by atoms with Crippen LogP contribution < -0.4 is 9.04 Å². The molecule has 1 aliphatic heterocycles. The van der Waals surface area contributed by atoms with E-state index in [2.05, 4.69) is 10.1 Å². The number of hydrogen-bond acceptors (Lipinski definition) is 6. The fourth-order valence-electron chi connectivity index (χ4n) is 4.01. The van der Waals surface area contributed by atoms with E-state index in [1.165, 1.54) is 14.8 Å². The minimum absolute atomic E-state index is 0.275. The standard InChI is InChI=1S/C21H25ClN4O4S/c22-21-15-17(8-9-23-21)26-12-11-25(31(26,28)29)10-2-1-3-13-30-18-5-6-19-16(14-18)4-7-20(19)24-27/h5-6,8-9,14-15,27H,1-4,7,10-13H2/b24-20+. The number of halogens is 1. The number of oxime groups is 1. The summed E-state index contributed by atoms with van der Waals surface area (Å²) in [6, 6.07) is 9.06. The van der Waals surface area contributed by atoms with Crippen molar-refractivity contribution >= 4 is 33.2 Å². The number of hydrogen-bond donors (Lipinski definition) is 1. The van der Waals surface area contributed by atoms with E-state index >= 15 is 0 Å². The Kier molecular flexibility index (Phi) is 6.64. The number of nitrogens with zero attached hydrogens (tertiary/aromatic N) is 4. The smallest absolute Gasteiger partial charge is 0.304 e. The molecule has 1 aliphatic carbocycles. The zero-order chi connectivity index (χ0) is 21.8. The number of anilines is 1. The van der Waals surface area contributed by atoms with Gasteiger partial charge in [-0.2, -0.15) is 12.7 Å². The van der Waals surface area contributed by atoms with Gasteiger partial charge >= 0.3 is 10.2 Å². The Hall–Kier alpha value is -2.36. The van der Waals surface area contributed by atoms with Crippen molar-refractivity contribution in [3.05, 3.63) is 52.8 Å². The maximum atomic E-state index is 12.8. The van der Waals surface area contributed by atoms with E-state index < -0.39 is 10.2 Å². The highest BCUT2D eigenvalue weighted by molar-refractivity contribution is 7.90. The van der Waals surface area contributed by atoms with Gasteiger partial charge in [0.2, 0.25) is 0 Å². The normalized spacial score (nSPS) is 19.1. The van der Waals surface area contributed by atoms with Gasteiger partial charge in [-0.15, -0.1) is 0 Å². The van der Waals surface area contributed by atoms with Gasteiger partial charge in [0, 0.05) is 31.4 Å². The van der Waals surface area contributed by atoms with Crippen molar-refractivity contribution in [2.75, 3.05) is 30.5 Å². The van der Waals surface area contributed by atoms with Gasteiger partial charge in [-0.05, 0) is 68.0 Å². The van der Waals surface area contributed by atoms with Gasteiger partial charge in [0.25, 0.3) is 0 Å². The molecule has 0 spiro atoms. The van der Waals surface area contributed by atoms with Crippen LogP contribution in [0.15, 0.2) is 41.7 Å². The predicted molar refractivity (Wildman–Crippen MR) is 120 cm³/mol. The lowest BCUT2D eigenvalue weighted by Gasteiger charge is -2.20. The highest BCUT2D eigenvalue weighted by Gasteiger charge is 2.36. The lowest BCUT2D eigenvalue weighted by Crippen LogP contribution is -2.33. The number of fused-ring (bicyclic) bond motifs is 1. The summed E-state index contributed by atoms with van der Waals surface area (Å²) in [6.45, 7) is 1.94. The van der Waals surface area contributed by atoms with Crippen LogP contribution in [-0.2, 0) is 16.6 Å². The third-order valence-corrected chi connectivity index (χ3v) is 7.79. The Morgan fingerprint density at radius 2 is 2.00 bits per heavy atom. The van der Waals surface area contributed by atoms with Crippen molar-refractivity contribution in [1.82, 2.24) is 9.29 Å². The van der Waals surface area contributed by atoms with E-state index in [-0.39, 0.29) is 5.15 Å². The number of aromatic nitrogens is 1. The molecule has 1 saturated heterocycles. The van der Waals surface area contributed by atoms with E-state index in [0.717, 1.165) is 54.7 Å². The topological polar surface area (TPSA) is 95.3 Å². The van der Waals surface area contributed by atoms with Crippen LogP contribution in [0, 0.1) is 0 Å². The number of unbranched alkanes of at least 4 members (excludes halogenated alkanes) is 2. The lowest BCUT2D eigenvalue weighted by atomic mass is 10.1. The van der Waals surface area contributed by atoms with Gasteiger partial charge in [0.1, 0.15) is 10.9 Å². The quantitative estimate of drug-likeness (QED) is 0.279. The molecule has 0 atom stereocenters. The summed E-state index contributed by atoms with van der Waals surface area (Å²) in [7, 11) is -3.52. The minimum atomic E-state index is -3.52. The molecule has 166 valence electrons. The lowest BCUT2D eigenvalue weighted by molar-refractivity contribution is 0.302. The van der Waals surface area contributed by atoms with Crippen molar-refractivity contribution in [1.29, 1.82) is 0 Å². The molecule has 1 aromatic carbocycles. The summed E-state index contributed by atoms with van der Waals surface area (Å²) < 4.78 is 34.3. The van der Waals surface area contributed by atoms with Crippen LogP contribution in [0.5, 0.6) is 5.75 Å². The zero-order valence-corrected chi connectivity index (χ0v) is 18.6. The molecule has 0 radical (unpaired) electrons. The molecule has 10 heteroatoms. The molecule has 0 saturated carbocycles. The van der Waals surface area contributed by atoms with Crippen molar-refractivity contribution in [3.63, 3.8) is 0 Å². The van der Waals surface area contributed by atoms with Gasteiger partial charge < -0.3 is 9.94 Å². The van der Waals surface area contributed by atoms with E-state index in [0.29, 0.717) is 31.9 Å². The predicted octanol–water partition coefficient (Wildman–Crippen LogP) is 3.48. The number of benzene rings is 1. The molecule has 1 fully saturated rings. The molecule has 0 amide bonds. The summed E-state index contributed by atoms with van der Waals surface area (Å²) in [5, 5.41) is 12.6. The Morgan fingerprint density at radius 3 is 2.81 bits per heavy atom. The summed E-state index contributed by atoms with van der Waals surface area (Å²) in [5.74, 6) is 0.812. The van der Waals surface area contributed by atoms with Crippen LogP contribution in [0.25, 0.3) is 0 Å². The molecule has 2 heterocycles. The second kappa shape index (κ2) is 9.42. The molecule has 4 rings (SSSR count). The number of aryl methyl sites for hydroxylation is 1. The maximum Gasteiger partial charge on any atom is 0.304 e. The third kappa shape index (κ3) is 4.78. The van der Waals surface area contributed by atoms with Crippen molar-refractivity contribution in [3.8, 4) is 5.75 Å². The largest absolute Gasteiger partial charge is 0.494 e. The summed E-state index contributed by atoms with van der Waals surface area (Å²) >= 11 is 5.90. The van der Waals surface area contributed by atoms with Gasteiger partial charge in [0.15, 0.2) is 0 Å². The number of ether oxygens (including phenoxy) is 1. The second-order valence-corrected chi connectivity index (χ2v) is 9.83. The van der Waals surface area contributed by atoms with Gasteiger partial charge in [-0.3, -0.25) is 4.31 Å². The average Bonchev–Trinajstić information content (AvgIpc) is 3.30. The first-order valence-electron chi connectivity index (χ1n) is 10.4. The minimum Gasteiger partial charge on any atom is -0.494 e. The monoisotopic (exact) mass is 464 g/mol. The second-order valence-electron chi connectivity index (χ2n) is 7.59. The molecular weight excluding hydrogens is 440 g/mol. The van der Waals surface area contributed by atoms with E-state index in [9.17, 15) is 8.42 Å². The molecule has 1 aromatic heterocycles. The SMILES string of the molecule is O=S1(=O)N(CCCCCOc2ccc3c(c2)CC/C3=N\O)CCN1c1ccnc(Cl)c1. The maximum absolute atomic E-state index is 12.8. The van der Waals surface area contributed by atoms with Gasteiger partial charge in [0.05, 0.1) is 18.0 Å². The van der Waals surface area contributed by atoms with Crippen LogP contribution >= 0.6 is 11.6 Å². The van der Waals surface area contributed by atoms with E-state index in [1.807, 2.05) is 18.2 Å². The number of rotatable bonds is 8. The van der Waals surface area contributed by atoms with Crippen molar-refractivity contribution in [2.24, 2.45) is 5.16 Å². The molecule has 0 unspecified atom stereocenters. The summed E-state index contributed by atoms with van der Waals surface area (Å²) in [6.07, 6.45) is 5.61. The average molecular weight is 465 g/mol. The van der Waals surface area contributed by atoms with Crippen LogP contribution in [0.4, 0.5) is 5.69 Å². The summed E-state index contributed by atoms with van der Waals surface area (Å²) in [4.78, 5) is 3.91. The fraction of sp³-hybridized carbons (Fsp3) is 0.429. The van der Waals surface area contributed by atoms with Crippen LogP contribution in [0.1, 0.15) is 36.8 Å². The number of pyridine rings is 1. The molecule has 2 aromatic rings. The Bertz CT molecular complexity index is 1080. The molecule has 8 nitrogen and oxygen atoms in total. The molecule has 31 heavy (non-hydrogen) atoms. The molecule has 0 bridgehead atoms. The molecular formula is C21H25ClN4O4S. The Morgan fingerprint density at radius 1 is 1.13 bits per heavy atom. The van der Waals surface area contributed by atoms with Gasteiger partial charge in [-0.1, -0.05) is 16.8 Å². The van der Waals surface area contributed by atoms with Crippen LogP contribution in [-0.4, -0.2) is 54.9 Å². The van der Waals surface area contributed by atoms with Crippen molar-refractivity contribution in [2.45, 2.75) is 32.1 Å². The molecule has 1 N–H and O–H groups in total. The molecule has 2 aliphatic rings. The summed E-state index contributed by atoms with van der Waals surface area (Å²) in [5.41, 5.74) is 3.40. The highest BCUT2D eigenvalue weighted by atomic mass is 35.5. The highest BCUT2D eigenvalue weighted by Crippen LogP contribution is 2.28. The first-order valence-corrected chi connectivity index (χ1v) is 12.1. The van der Waals surface area contributed by atoms with Crippen LogP contribution in [0.3, 0.4) is 0 Å². The van der Waals surface area contributed by atoms with Crippen molar-refractivity contribution < 1.29 is 18.4 Å². The Labute approximate surface area is 187 Å².